The fourth-order valence-electron chi connectivity index (χ4n) is 3.03. The second-order valence-corrected chi connectivity index (χ2v) is 6.15. The van der Waals surface area contributed by atoms with Crippen molar-refractivity contribution in [2.45, 2.75) is 32.5 Å². The summed E-state index contributed by atoms with van der Waals surface area (Å²) in [5.41, 5.74) is 3.83. The van der Waals surface area contributed by atoms with Crippen LogP contribution >= 0.6 is 0 Å². The van der Waals surface area contributed by atoms with Gasteiger partial charge < -0.3 is 4.57 Å². The summed E-state index contributed by atoms with van der Waals surface area (Å²) < 4.78 is 4.00. The molecule has 0 radical (unpaired) electrons. The van der Waals surface area contributed by atoms with E-state index in [-0.39, 0.29) is 6.04 Å². The Morgan fingerprint density at radius 2 is 1.76 bits per heavy atom. The van der Waals surface area contributed by atoms with Gasteiger partial charge in [0.2, 0.25) is 0 Å². The molecule has 0 N–H and O–H groups in total. The first kappa shape index (κ1) is 15.4. The van der Waals surface area contributed by atoms with E-state index in [9.17, 15) is 4.91 Å². The third kappa shape index (κ3) is 2.88. The zero-order chi connectivity index (χ0) is 17.2. The highest BCUT2D eigenvalue weighted by molar-refractivity contribution is 5.76. The van der Waals surface area contributed by atoms with Crippen molar-refractivity contribution in [1.29, 1.82) is 0 Å². The van der Waals surface area contributed by atoms with E-state index < -0.39 is 0 Å². The van der Waals surface area contributed by atoms with Crippen molar-refractivity contribution < 1.29 is 0 Å². The molecule has 2 heterocycles. The van der Waals surface area contributed by atoms with Crippen LogP contribution in [0.1, 0.15) is 19.2 Å². The summed E-state index contributed by atoms with van der Waals surface area (Å²) in [5.74, 6) is 0.898. The van der Waals surface area contributed by atoms with Crippen molar-refractivity contribution in [3.8, 4) is 0 Å². The van der Waals surface area contributed by atoms with E-state index in [1.54, 1.807) is 0 Å². The maximum Gasteiger partial charge on any atom is 0.131 e. The minimum atomic E-state index is -0.221. The van der Waals surface area contributed by atoms with Crippen LogP contribution in [0.4, 0.5) is 0 Å². The highest BCUT2D eigenvalue weighted by atomic mass is 16.3. The van der Waals surface area contributed by atoms with Gasteiger partial charge in [0.25, 0.3) is 0 Å². The zero-order valence-electron chi connectivity index (χ0n) is 13.9. The summed E-state index contributed by atoms with van der Waals surface area (Å²) in [5, 5.41) is 11.6. The topological polar surface area (TPSA) is 78.0 Å². The van der Waals surface area contributed by atoms with Gasteiger partial charge in [-0.2, -0.15) is 4.91 Å². The maximum atomic E-state index is 10.7. The second kappa shape index (κ2) is 6.43. The molecule has 1 unspecified atom stereocenters. The molecule has 0 bridgehead atoms. The molecule has 0 aliphatic rings. The molecule has 2 aromatic heterocycles. The molecule has 0 aliphatic heterocycles. The Balaban J connectivity index is 1.74. The molecule has 0 spiro atoms. The number of aryl methyl sites for hydroxylation is 1. The van der Waals surface area contributed by atoms with E-state index in [1.807, 2.05) is 60.1 Å². The van der Waals surface area contributed by atoms with Crippen molar-refractivity contribution in [3.63, 3.8) is 0 Å². The van der Waals surface area contributed by atoms with Crippen LogP contribution in [0.25, 0.3) is 22.1 Å². The Morgan fingerprint density at radius 1 is 1.04 bits per heavy atom. The SMILES string of the molecule is CC(CCn1c(Cn2nnc3ccccc32)nc2ccccc21)N=O. The Hall–Kier alpha value is -3.09. The summed E-state index contributed by atoms with van der Waals surface area (Å²) in [6, 6.07) is 15.7. The van der Waals surface area contributed by atoms with Crippen molar-refractivity contribution in [3.05, 3.63) is 59.3 Å². The molecule has 4 rings (SSSR count). The summed E-state index contributed by atoms with van der Waals surface area (Å²) >= 11 is 0. The average molecular weight is 334 g/mol. The average Bonchev–Trinajstić information content (AvgIpc) is 3.21. The Labute approximate surface area is 144 Å². The monoisotopic (exact) mass is 334 g/mol. The molecule has 25 heavy (non-hydrogen) atoms. The zero-order valence-corrected chi connectivity index (χ0v) is 13.9. The third-order valence-electron chi connectivity index (χ3n) is 4.40. The van der Waals surface area contributed by atoms with Crippen LogP contribution in [-0.4, -0.2) is 30.6 Å². The number of nitrogens with zero attached hydrogens (tertiary/aromatic N) is 6. The van der Waals surface area contributed by atoms with Crippen molar-refractivity contribution >= 4 is 22.1 Å². The summed E-state index contributed by atoms with van der Waals surface area (Å²) in [6.45, 7) is 3.05. The molecule has 4 aromatic rings. The standard InChI is InChI=1S/C18H18N6O/c1-13(21-25)10-11-23-16-8-4-2-6-14(16)19-18(23)12-24-17-9-5-3-7-15(17)20-22-24/h2-9,13H,10-12H2,1H3. The molecule has 0 saturated carbocycles. The number of aromatic nitrogens is 5. The van der Waals surface area contributed by atoms with Crippen LogP contribution in [0.5, 0.6) is 0 Å². The molecule has 1 atom stereocenters. The number of imidazole rings is 1. The third-order valence-corrected chi connectivity index (χ3v) is 4.40. The quantitative estimate of drug-likeness (QED) is 0.506. The van der Waals surface area contributed by atoms with Crippen LogP contribution < -0.4 is 0 Å². The maximum absolute atomic E-state index is 10.7. The Bertz CT molecular complexity index is 1030. The van der Waals surface area contributed by atoms with Gasteiger partial charge in [0.15, 0.2) is 0 Å². The highest BCUT2D eigenvalue weighted by Gasteiger charge is 2.14. The van der Waals surface area contributed by atoms with Crippen molar-refractivity contribution in [1.82, 2.24) is 24.5 Å². The Morgan fingerprint density at radius 3 is 2.56 bits per heavy atom. The molecule has 2 aromatic carbocycles. The van der Waals surface area contributed by atoms with E-state index >= 15 is 0 Å². The van der Waals surface area contributed by atoms with Gasteiger partial charge in [0, 0.05) is 6.54 Å². The summed E-state index contributed by atoms with van der Waals surface area (Å²) in [6.07, 6.45) is 0.676. The van der Waals surface area contributed by atoms with Gasteiger partial charge in [-0.15, -0.1) is 5.10 Å². The minimum absolute atomic E-state index is 0.221. The van der Waals surface area contributed by atoms with E-state index in [1.165, 1.54) is 0 Å². The van der Waals surface area contributed by atoms with E-state index in [4.69, 9.17) is 4.98 Å². The number of nitroso groups, excluding NO2 is 1. The van der Waals surface area contributed by atoms with Crippen LogP contribution in [0.2, 0.25) is 0 Å². The number of fused-ring (bicyclic) bond motifs is 2. The first-order chi connectivity index (χ1) is 12.3. The number of benzene rings is 2. The predicted octanol–water partition coefficient (Wildman–Crippen LogP) is 3.37. The van der Waals surface area contributed by atoms with Gasteiger partial charge in [0.1, 0.15) is 17.9 Å². The van der Waals surface area contributed by atoms with E-state index in [0.29, 0.717) is 19.5 Å². The molecule has 126 valence electrons. The molecule has 7 heteroatoms. The molecule has 0 saturated heterocycles. The predicted molar refractivity (Wildman–Crippen MR) is 96.2 cm³/mol. The smallest absolute Gasteiger partial charge is 0.131 e. The largest absolute Gasteiger partial charge is 0.326 e. The molecule has 0 fully saturated rings. The van der Waals surface area contributed by atoms with Crippen molar-refractivity contribution in [2.24, 2.45) is 5.18 Å². The lowest BCUT2D eigenvalue weighted by atomic mass is 10.2. The normalized spacial score (nSPS) is 12.7. The molecular formula is C18H18N6O. The lowest BCUT2D eigenvalue weighted by molar-refractivity contribution is 0.543. The lowest BCUT2D eigenvalue weighted by Crippen LogP contribution is -2.12. The van der Waals surface area contributed by atoms with Gasteiger partial charge in [-0.05, 0) is 37.6 Å². The minimum Gasteiger partial charge on any atom is -0.326 e. The van der Waals surface area contributed by atoms with Crippen LogP contribution in [0, 0.1) is 4.91 Å². The van der Waals surface area contributed by atoms with Gasteiger partial charge in [-0.3, -0.25) is 0 Å². The van der Waals surface area contributed by atoms with E-state index in [0.717, 1.165) is 27.9 Å². The Kier molecular flexibility index (Phi) is 3.97. The molecule has 0 amide bonds. The van der Waals surface area contributed by atoms with Gasteiger partial charge in [0.05, 0.1) is 22.6 Å². The number of para-hydroxylation sites is 3. The van der Waals surface area contributed by atoms with Crippen LogP contribution in [-0.2, 0) is 13.1 Å². The van der Waals surface area contributed by atoms with Gasteiger partial charge in [-0.25, -0.2) is 9.67 Å². The van der Waals surface area contributed by atoms with E-state index in [2.05, 4.69) is 20.1 Å². The van der Waals surface area contributed by atoms with Crippen LogP contribution in [0.3, 0.4) is 0 Å². The van der Waals surface area contributed by atoms with Gasteiger partial charge >= 0.3 is 0 Å². The lowest BCUT2D eigenvalue weighted by Gasteiger charge is -2.10. The first-order valence-electron chi connectivity index (χ1n) is 8.31. The number of hydrogen-bond donors (Lipinski definition) is 0. The summed E-state index contributed by atoms with van der Waals surface area (Å²) in [7, 11) is 0. The molecular weight excluding hydrogens is 316 g/mol. The van der Waals surface area contributed by atoms with Gasteiger partial charge in [-0.1, -0.05) is 34.7 Å². The summed E-state index contributed by atoms with van der Waals surface area (Å²) in [4.78, 5) is 15.5. The second-order valence-electron chi connectivity index (χ2n) is 6.15. The van der Waals surface area contributed by atoms with Crippen LogP contribution in [0.15, 0.2) is 53.7 Å². The number of hydrogen-bond acceptors (Lipinski definition) is 5. The molecule has 0 aliphatic carbocycles. The fraction of sp³-hybridized carbons (Fsp3) is 0.278. The number of rotatable bonds is 6. The highest BCUT2D eigenvalue weighted by Crippen LogP contribution is 2.19. The molecule has 7 nitrogen and oxygen atoms in total. The fourth-order valence-corrected chi connectivity index (χ4v) is 3.03. The van der Waals surface area contributed by atoms with Crippen molar-refractivity contribution in [2.75, 3.05) is 0 Å². The first-order valence-corrected chi connectivity index (χ1v) is 8.31.